The number of hydrogen-bond donors (Lipinski definition) is 0. The fourth-order valence-corrected chi connectivity index (χ4v) is 4.79. The number of halogens is 1. The third-order valence-electron chi connectivity index (χ3n) is 4.69. The molecule has 0 saturated carbocycles. The second-order valence-electron chi connectivity index (χ2n) is 6.69. The molecule has 0 spiro atoms. The van der Waals surface area contributed by atoms with Crippen molar-refractivity contribution in [1.29, 1.82) is 0 Å². The highest BCUT2D eigenvalue weighted by molar-refractivity contribution is 8.26. The topological polar surface area (TPSA) is 25.2 Å². The molecule has 3 nitrogen and oxygen atoms in total. The van der Waals surface area contributed by atoms with Crippen LogP contribution in [-0.4, -0.2) is 26.2 Å². The van der Waals surface area contributed by atoms with E-state index in [-0.39, 0.29) is 5.91 Å². The van der Waals surface area contributed by atoms with Crippen LogP contribution in [-0.2, 0) is 11.3 Å². The van der Waals surface area contributed by atoms with Crippen LogP contribution in [0.3, 0.4) is 0 Å². The largest absolute Gasteiger partial charge is 0.342 e. The number of nitrogens with zero attached hydrogens (tertiary/aromatic N) is 2. The first kappa shape index (κ1) is 19.2. The summed E-state index contributed by atoms with van der Waals surface area (Å²) in [7, 11) is 0. The van der Waals surface area contributed by atoms with Gasteiger partial charge in [0, 0.05) is 40.8 Å². The van der Waals surface area contributed by atoms with Crippen LogP contribution in [0.5, 0.6) is 0 Å². The molecule has 1 aliphatic rings. The number of carbonyl (C=O) groups is 1. The standard InChI is InChI=1S/C22H19ClN2OS2/c1-2-11-25-21(26)20(28-22(25)27)12-16-14-24(19-6-4-3-5-18(16)19)13-15-7-9-17(23)10-8-15/h3-10,12,14H,2,11,13H2,1H3/b20-12+. The zero-order chi connectivity index (χ0) is 19.7. The molecular weight excluding hydrogens is 408 g/mol. The minimum Gasteiger partial charge on any atom is -0.342 e. The highest BCUT2D eigenvalue weighted by atomic mass is 35.5. The monoisotopic (exact) mass is 426 g/mol. The molecule has 3 aromatic rings. The Morgan fingerprint density at radius 1 is 1.14 bits per heavy atom. The summed E-state index contributed by atoms with van der Waals surface area (Å²) in [6, 6.07) is 16.1. The van der Waals surface area contributed by atoms with Crippen LogP contribution < -0.4 is 0 Å². The summed E-state index contributed by atoms with van der Waals surface area (Å²) < 4.78 is 2.85. The number of fused-ring (bicyclic) bond motifs is 1. The number of aromatic nitrogens is 1. The van der Waals surface area contributed by atoms with Crippen molar-refractivity contribution >= 4 is 62.8 Å². The molecular formula is C22H19ClN2OS2. The lowest BCUT2D eigenvalue weighted by molar-refractivity contribution is -0.122. The van der Waals surface area contributed by atoms with E-state index in [0.717, 1.165) is 34.5 Å². The number of amides is 1. The minimum atomic E-state index is 0.00591. The minimum absolute atomic E-state index is 0.00591. The van der Waals surface area contributed by atoms with Gasteiger partial charge in [0.1, 0.15) is 4.32 Å². The Kier molecular flexibility index (Phi) is 5.58. The number of para-hydroxylation sites is 1. The van der Waals surface area contributed by atoms with Crippen molar-refractivity contribution < 1.29 is 4.79 Å². The van der Waals surface area contributed by atoms with E-state index in [0.29, 0.717) is 15.8 Å². The Bertz CT molecular complexity index is 1090. The summed E-state index contributed by atoms with van der Waals surface area (Å²) in [6.45, 7) is 3.45. The molecule has 0 unspecified atom stereocenters. The van der Waals surface area contributed by atoms with Gasteiger partial charge in [-0.1, -0.05) is 72.8 Å². The molecule has 0 aliphatic carbocycles. The van der Waals surface area contributed by atoms with Crippen LogP contribution >= 0.6 is 35.6 Å². The summed E-state index contributed by atoms with van der Waals surface area (Å²) in [4.78, 5) is 15.1. The van der Waals surface area contributed by atoms with E-state index in [1.165, 1.54) is 17.3 Å². The van der Waals surface area contributed by atoms with Gasteiger partial charge in [-0.2, -0.15) is 0 Å². The molecule has 1 aliphatic heterocycles. The van der Waals surface area contributed by atoms with E-state index in [1.54, 1.807) is 4.90 Å². The van der Waals surface area contributed by atoms with Crippen molar-refractivity contribution in [1.82, 2.24) is 9.47 Å². The van der Waals surface area contributed by atoms with Gasteiger partial charge in [-0.3, -0.25) is 9.69 Å². The van der Waals surface area contributed by atoms with Gasteiger partial charge in [0.15, 0.2) is 0 Å². The molecule has 0 radical (unpaired) electrons. The average molecular weight is 427 g/mol. The van der Waals surface area contributed by atoms with E-state index in [4.69, 9.17) is 23.8 Å². The Hall–Kier alpha value is -2.08. The summed E-state index contributed by atoms with van der Waals surface area (Å²) >= 11 is 12.8. The lowest BCUT2D eigenvalue weighted by atomic mass is 10.1. The normalized spacial score (nSPS) is 15.9. The lowest BCUT2D eigenvalue weighted by Gasteiger charge is -2.11. The Morgan fingerprint density at radius 3 is 2.64 bits per heavy atom. The van der Waals surface area contributed by atoms with Gasteiger partial charge >= 0.3 is 0 Å². The average Bonchev–Trinajstić information content (AvgIpc) is 3.17. The molecule has 1 amide bonds. The van der Waals surface area contributed by atoms with E-state index >= 15 is 0 Å². The molecule has 0 bridgehead atoms. The molecule has 1 fully saturated rings. The van der Waals surface area contributed by atoms with Crippen LogP contribution in [0.2, 0.25) is 5.02 Å². The fourth-order valence-electron chi connectivity index (χ4n) is 3.37. The van der Waals surface area contributed by atoms with Crippen LogP contribution in [0.15, 0.2) is 59.6 Å². The first-order chi connectivity index (χ1) is 13.6. The van der Waals surface area contributed by atoms with Gasteiger partial charge in [-0.25, -0.2) is 0 Å². The van der Waals surface area contributed by atoms with Gasteiger partial charge in [0.25, 0.3) is 5.91 Å². The van der Waals surface area contributed by atoms with Crippen molar-refractivity contribution in [2.75, 3.05) is 6.54 Å². The second kappa shape index (κ2) is 8.11. The zero-order valence-electron chi connectivity index (χ0n) is 15.4. The van der Waals surface area contributed by atoms with Gasteiger partial charge < -0.3 is 4.57 Å². The second-order valence-corrected chi connectivity index (χ2v) is 8.80. The molecule has 6 heteroatoms. The number of benzene rings is 2. The van der Waals surface area contributed by atoms with Crippen molar-refractivity contribution in [3.63, 3.8) is 0 Å². The quantitative estimate of drug-likeness (QED) is 0.372. The summed E-state index contributed by atoms with van der Waals surface area (Å²) in [5.74, 6) is 0.00591. The van der Waals surface area contributed by atoms with E-state index in [2.05, 4.69) is 22.9 Å². The number of rotatable bonds is 5. The van der Waals surface area contributed by atoms with Crippen LogP contribution in [0, 0.1) is 0 Å². The molecule has 2 aromatic carbocycles. The van der Waals surface area contributed by atoms with Crippen LogP contribution in [0.25, 0.3) is 17.0 Å². The zero-order valence-corrected chi connectivity index (χ0v) is 17.8. The predicted octanol–water partition coefficient (Wildman–Crippen LogP) is 5.95. The van der Waals surface area contributed by atoms with Crippen molar-refractivity contribution in [2.45, 2.75) is 19.9 Å². The highest BCUT2D eigenvalue weighted by Gasteiger charge is 2.31. The Balaban J connectivity index is 1.71. The van der Waals surface area contributed by atoms with Crippen molar-refractivity contribution in [3.05, 3.63) is 75.8 Å². The summed E-state index contributed by atoms with van der Waals surface area (Å²) in [5, 5.41) is 1.85. The molecule has 0 atom stereocenters. The van der Waals surface area contributed by atoms with Crippen molar-refractivity contribution in [2.24, 2.45) is 0 Å². The molecule has 142 valence electrons. The van der Waals surface area contributed by atoms with Gasteiger partial charge in [-0.05, 0) is 36.3 Å². The summed E-state index contributed by atoms with van der Waals surface area (Å²) in [6.07, 6.45) is 4.96. The lowest BCUT2D eigenvalue weighted by Crippen LogP contribution is -2.28. The SMILES string of the molecule is CCCN1C(=O)/C(=C\c2cn(Cc3ccc(Cl)cc3)c3ccccc23)SC1=S. The third-order valence-corrected chi connectivity index (χ3v) is 6.32. The number of carbonyl (C=O) groups excluding carboxylic acids is 1. The Labute approximate surface area is 179 Å². The molecule has 0 N–H and O–H groups in total. The molecule has 1 saturated heterocycles. The maximum absolute atomic E-state index is 12.7. The molecule has 4 rings (SSSR count). The van der Waals surface area contributed by atoms with Gasteiger partial charge in [0.2, 0.25) is 0 Å². The maximum Gasteiger partial charge on any atom is 0.266 e. The number of thioether (sulfide) groups is 1. The van der Waals surface area contributed by atoms with E-state index in [9.17, 15) is 4.79 Å². The van der Waals surface area contributed by atoms with E-state index < -0.39 is 0 Å². The maximum atomic E-state index is 12.7. The van der Waals surface area contributed by atoms with Gasteiger partial charge in [-0.15, -0.1) is 0 Å². The Morgan fingerprint density at radius 2 is 1.89 bits per heavy atom. The van der Waals surface area contributed by atoms with E-state index in [1.807, 2.05) is 49.4 Å². The highest BCUT2D eigenvalue weighted by Crippen LogP contribution is 2.34. The van der Waals surface area contributed by atoms with Crippen LogP contribution in [0.4, 0.5) is 0 Å². The summed E-state index contributed by atoms with van der Waals surface area (Å²) in [5.41, 5.74) is 3.33. The first-order valence-corrected chi connectivity index (χ1v) is 10.7. The fraction of sp³-hybridized carbons (Fsp3) is 0.182. The molecule has 1 aromatic heterocycles. The molecule has 2 heterocycles. The van der Waals surface area contributed by atoms with Crippen molar-refractivity contribution in [3.8, 4) is 0 Å². The first-order valence-electron chi connectivity index (χ1n) is 9.14. The van der Waals surface area contributed by atoms with Crippen LogP contribution in [0.1, 0.15) is 24.5 Å². The smallest absolute Gasteiger partial charge is 0.266 e. The third kappa shape index (κ3) is 3.75. The number of thiocarbonyl (C=S) groups is 1. The number of hydrogen-bond acceptors (Lipinski definition) is 3. The van der Waals surface area contributed by atoms with Gasteiger partial charge in [0.05, 0.1) is 4.91 Å². The molecule has 28 heavy (non-hydrogen) atoms. The predicted molar refractivity (Wildman–Crippen MR) is 123 cm³/mol.